The minimum atomic E-state index is -0.0690. The summed E-state index contributed by atoms with van der Waals surface area (Å²) in [4.78, 5) is 25.4. The lowest BCUT2D eigenvalue weighted by atomic mass is 10.1. The molecule has 5 heteroatoms. The molecule has 2 heterocycles. The molecular weight excluding hydrogens is 244 g/mol. The topological polar surface area (TPSA) is 69.6 Å². The van der Waals surface area contributed by atoms with E-state index in [4.69, 9.17) is 0 Å². The SMILES string of the molecule is O=C1Cc2cc(C(=O)N3CCCC3CO)ccc2N1. The van der Waals surface area contributed by atoms with Crippen molar-refractivity contribution in [3.63, 3.8) is 0 Å². The van der Waals surface area contributed by atoms with E-state index in [1.165, 1.54) is 0 Å². The highest BCUT2D eigenvalue weighted by Crippen LogP contribution is 2.26. The monoisotopic (exact) mass is 260 g/mol. The Morgan fingerprint density at radius 3 is 3.11 bits per heavy atom. The van der Waals surface area contributed by atoms with Gasteiger partial charge in [0, 0.05) is 17.8 Å². The van der Waals surface area contributed by atoms with E-state index in [1.807, 2.05) is 0 Å². The normalized spacial score (nSPS) is 21.4. The fourth-order valence-corrected chi connectivity index (χ4v) is 2.82. The lowest BCUT2D eigenvalue weighted by molar-refractivity contribution is -0.115. The van der Waals surface area contributed by atoms with Gasteiger partial charge in [0.05, 0.1) is 19.1 Å². The molecule has 2 aliphatic rings. The van der Waals surface area contributed by atoms with Gasteiger partial charge in [-0.25, -0.2) is 0 Å². The van der Waals surface area contributed by atoms with Crippen molar-refractivity contribution >= 4 is 17.5 Å². The van der Waals surface area contributed by atoms with E-state index in [1.54, 1.807) is 23.1 Å². The van der Waals surface area contributed by atoms with E-state index < -0.39 is 0 Å². The van der Waals surface area contributed by atoms with Crippen LogP contribution in [0.5, 0.6) is 0 Å². The van der Waals surface area contributed by atoms with Crippen LogP contribution in [-0.4, -0.2) is 41.0 Å². The third-order valence-corrected chi connectivity index (χ3v) is 3.83. The fraction of sp³-hybridized carbons (Fsp3) is 0.429. The van der Waals surface area contributed by atoms with Crippen molar-refractivity contribution in [2.45, 2.75) is 25.3 Å². The fourth-order valence-electron chi connectivity index (χ4n) is 2.82. The molecule has 5 nitrogen and oxygen atoms in total. The number of nitrogens with zero attached hydrogens (tertiary/aromatic N) is 1. The van der Waals surface area contributed by atoms with Crippen LogP contribution in [0.15, 0.2) is 18.2 Å². The molecule has 0 bridgehead atoms. The number of likely N-dealkylation sites (tertiary alicyclic amines) is 1. The Balaban J connectivity index is 1.85. The van der Waals surface area contributed by atoms with Crippen molar-refractivity contribution in [3.05, 3.63) is 29.3 Å². The maximum Gasteiger partial charge on any atom is 0.254 e. The number of carbonyl (C=O) groups is 2. The minimum absolute atomic E-state index is 0.0106. The summed E-state index contributed by atoms with van der Waals surface area (Å²) in [6.45, 7) is 0.703. The molecule has 3 rings (SSSR count). The van der Waals surface area contributed by atoms with Crippen molar-refractivity contribution in [2.24, 2.45) is 0 Å². The van der Waals surface area contributed by atoms with Crippen molar-refractivity contribution in [1.82, 2.24) is 4.90 Å². The van der Waals surface area contributed by atoms with Gasteiger partial charge in [-0.2, -0.15) is 0 Å². The van der Waals surface area contributed by atoms with Crippen LogP contribution in [0.4, 0.5) is 5.69 Å². The Morgan fingerprint density at radius 2 is 2.32 bits per heavy atom. The average molecular weight is 260 g/mol. The van der Waals surface area contributed by atoms with Crippen LogP contribution in [0.1, 0.15) is 28.8 Å². The average Bonchev–Trinajstić information content (AvgIpc) is 3.01. The molecule has 0 radical (unpaired) electrons. The van der Waals surface area contributed by atoms with Crippen LogP contribution in [-0.2, 0) is 11.2 Å². The summed E-state index contributed by atoms with van der Waals surface area (Å²) < 4.78 is 0. The van der Waals surface area contributed by atoms with Gasteiger partial charge in [0.15, 0.2) is 0 Å². The summed E-state index contributed by atoms with van der Waals surface area (Å²) in [5.74, 6) is -0.0901. The van der Waals surface area contributed by atoms with Gasteiger partial charge < -0.3 is 15.3 Å². The number of fused-ring (bicyclic) bond motifs is 1. The quantitative estimate of drug-likeness (QED) is 0.825. The van der Waals surface area contributed by atoms with E-state index in [9.17, 15) is 14.7 Å². The van der Waals surface area contributed by atoms with E-state index in [0.717, 1.165) is 24.1 Å². The predicted octanol–water partition coefficient (Wildman–Crippen LogP) is 0.778. The van der Waals surface area contributed by atoms with Gasteiger partial charge in [0.1, 0.15) is 0 Å². The first-order chi connectivity index (χ1) is 9.19. The highest BCUT2D eigenvalue weighted by molar-refractivity contribution is 6.01. The third-order valence-electron chi connectivity index (χ3n) is 3.83. The van der Waals surface area contributed by atoms with Crippen LogP contribution in [0, 0.1) is 0 Å². The summed E-state index contributed by atoms with van der Waals surface area (Å²) in [5.41, 5.74) is 2.26. The molecule has 0 saturated carbocycles. The van der Waals surface area contributed by atoms with E-state index in [2.05, 4.69) is 5.32 Å². The van der Waals surface area contributed by atoms with E-state index in [-0.39, 0.29) is 24.5 Å². The van der Waals surface area contributed by atoms with Gasteiger partial charge in [0.2, 0.25) is 5.91 Å². The zero-order chi connectivity index (χ0) is 13.4. The maximum absolute atomic E-state index is 12.4. The highest BCUT2D eigenvalue weighted by atomic mass is 16.3. The zero-order valence-corrected chi connectivity index (χ0v) is 10.6. The van der Waals surface area contributed by atoms with Crippen LogP contribution < -0.4 is 5.32 Å². The number of rotatable bonds is 2. The molecule has 2 aliphatic heterocycles. The van der Waals surface area contributed by atoms with Crippen LogP contribution >= 0.6 is 0 Å². The van der Waals surface area contributed by atoms with Crippen molar-refractivity contribution in [1.29, 1.82) is 0 Å². The molecule has 19 heavy (non-hydrogen) atoms. The van der Waals surface area contributed by atoms with Gasteiger partial charge in [-0.15, -0.1) is 0 Å². The second kappa shape index (κ2) is 4.66. The molecule has 1 unspecified atom stereocenters. The first kappa shape index (κ1) is 12.2. The lowest BCUT2D eigenvalue weighted by Crippen LogP contribution is -2.37. The molecule has 1 aromatic rings. The van der Waals surface area contributed by atoms with E-state index in [0.29, 0.717) is 18.5 Å². The minimum Gasteiger partial charge on any atom is -0.394 e. The number of carbonyl (C=O) groups excluding carboxylic acids is 2. The predicted molar refractivity (Wildman–Crippen MR) is 69.9 cm³/mol. The molecule has 1 aromatic carbocycles. The maximum atomic E-state index is 12.4. The number of aliphatic hydroxyl groups is 1. The lowest BCUT2D eigenvalue weighted by Gasteiger charge is -2.23. The first-order valence-electron chi connectivity index (χ1n) is 6.53. The van der Waals surface area contributed by atoms with Gasteiger partial charge in [0.25, 0.3) is 5.91 Å². The third kappa shape index (κ3) is 2.10. The number of benzene rings is 1. The molecule has 2 amide bonds. The molecule has 100 valence electrons. The van der Waals surface area contributed by atoms with Crippen LogP contribution in [0.3, 0.4) is 0 Å². The first-order valence-corrected chi connectivity index (χ1v) is 6.53. The number of nitrogens with one attached hydrogen (secondary N) is 1. The Labute approximate surface area is 111 Å². The van der Waals surface area contributed by atoms with Gasteiger partial charge in [-0.05, 0) is 36.6 Å². The number of anilines is 1. The number of amides is 2. The second-order valence-electron chi connectivity index (χ2n) is 5.07. The summed E-state index contributed by atoms with van der Waals surface area (Å²) in [7, 11) is 0. The van der Waals surface area contributed by atoms with Gasteiger partial charge in [-0.3, -0.25) is 9.59 Å². The van der Waals surface area contributed by atoms with Crippen molar-refractivity contribution < 1.29 is 14.7 Å². The van der Waals surface area contributed by atoms with Crippen molar-refractivity contribution in [2.75, 3.05) is 18.5 Å². The molecule has 0 spiro atoms. The molecule has 0 aromatic heterocycles. The highest BCUT2D eigenvalue weighted by Gasteiger charge is 2.29. The Bertz CT molecular complexity index is 541. The summed E-state index contributed by atoms with van der Waals surface area (Å²) >= 11 is 0. The zero-order valence-electron chi connectivity index (χ0n) is 10.6. The smallest absolute Gasteiger partial charge is 0.254 e. The van der Waals surface area contributed by atoms with E-state index >= 15 is 0 Å². The molecule has 0 aliphatic carbocycles. The molecule has 1 saturated heterocycles. The van der Waals surface area contributed by atoms with Gasteiger partial charge in [-0.1, -0.05) is 0 Å². The molecular formula is C14H16N2O3. The number of hydrogen-bond acceptors (Lipinski definition) is 3. The molecule has 1 atom stereocenters. The largest absolute Gasteiger partial charge is 0.394 e. The summed E-state index contributed by atoms with van der Waals surface area (Å²) in [6, 6.07) is 5.22. The molecule has 1 fully saturated rings. The summed E-state index contributed by atoms with van der Waals surface area (Å²) in [5, 5.41) is 12.0. The Kier molecular flexibility index (Phi) is 2.98. The second-order valence-corrected chi connectivity index (χ2v) is 5.07. The number of hydrogen-bond donors (Lipinski definition) is 2. The van der Waals surface area contributed by atoms with Crippen LogP contribution in [0.25, 0.3) is 0 Å². The summed E-state index contributed by atoms with van der Waals surface area (Å²) in [6.07, 6.45) is 2.12. The number of aliphatic hydroxyl groups excluding tert-OH is 1. The van der Waals surface area contributed by atoms with Crippen molar-refractivity contribution in [3.8, 4) is 0 Å². The standard InChI is InChI=1S/C14H16N2O3/c17-8-11-2-1-5-16(11)14(19)9-3-4-12-10(6-9)7-13(18)15-12/h3-4,6,11,17H,1-2,5,7-8H2,(H,15,18). The Hall–Kier alpha value is -1.88. The molecule has 2 N–H and O–H groups in total. The Morgan fingerprint density at radius 1 is 1.47 bits per heavy atom. The van der Waals surface area contributed by atoms with Gasteiger partial charge >= 0.3 is 0 Å². The van der Waals surface area contributed by atoms with Crippen LogP contribution in [0.2, 0.25) is 0 Å².